The summed E-state index contributed by atoms with van der Waals surface area (Å²) >= 11 is 0. The maximum absolute atomic E-state index is 12.6. The van der Waals surface area contributed by atoms with Crippen LogP contribution in [0.1, 0.15) is 29.6 Å². The number of piperidine rings is 1. The van der Waals surface area contributed by atoms with Crippen molar-refractivity contribution in [3.05, 3.63) is 29.8 Å². The van der Waals surface area contributed by atoms with Crippen LogP contribution < -0.4 is 11.1 Å². The van der Waals surface area contributed by atoms with Gasteiger partial charge in [-0.3, -0.25) is 9.59 Å². The Morgan fingerprint density at radius 1 is 1.33 bits per heavy atom. The second-order valence-electron chi connectivity index (χ2n) is 6.14. The molecule has 2 amide bonds. The summed E-state index contributed by atoms with van der Waals surface area (Å²) < 4.78 is 0. The van der Waals surface area contributed by atoms with Gasteiger partial charge in [0.2, 0.25) is 5.91 Å². The van der Waals surface area contributed by atoms with E-state index in [0.717, 1.165) is 25.9 Å². The summed E-state index contributed by atoms with van der Waals surface area (Å²) in [6.07, 6.45) is 2.45. The van der Waals surface area contributed by atoms with E-state index in [4.69, 9.17) is 5.73 Å². The monoisotopic (exact) mass is 354 g/mol. The van der Waals surface area contributed by atoms with E-state index in [1.54, 1.807) is 24.3 Å². The second kappa shape index (κ2) is 9.61. The first kappa shape index (κ1) is 20.4. The summed E-state index contributed by atoms with van der Waals surface area (Å²) in [5.41, 5.74) is 6.66. The van der Waals surface area contributed by atoms with Crippen molar-refractivity contribution >= 4 is 29.9 Å². The highest BCUT2D eigenvalue weighted by Crippen LogP contribution is 2.17. The number of amides is 2. The number of likely N-dealkylation sites (tertiary alicyclic amines) is 1. The fourth-order valence-electron chi connectivity index (χ4n) is 2.88. The van der Waals surface area contributed by atoms with Gasteiger partial charge in [-0.1, -0.05) is 0 Å². The number of benzene rings is 1. The summed E-state index contributed by atoms with van der Waals surface area (Å²) in [7, 11) is 3.95. The van der Waals surface area contributed by atoms with Crippen molar-refractivity contribution in [2.24, 2.45) is 5.73 Å². The fourth-order valence-corrected chi connectivity index (χ4v) is 2.88. The van der Waals surface area contributed by atoms with E-state index in [-0.39, 0.29) is 30.3 Å². The molecule has 1 aromatic rings. The minimum absolute atomic E-state index is 0. The lowest BCUT2D eigenvalue weighted by molar-refractivity contribution is -0.116. The normalized spacial score (nSPS) is 17.7. The predicted octanol–water partition coefficient (Wildman–Crippen LogP) is 1.56. The number of carbonyl (C=O) groups excluding carboxylic acids is 2. The van der Waals surface area contributed by atoms with Gasteiger partial charge >= 0.3 is 0 Å². The van der Waals surface area contributed by atoms with Gasteiger partial charge in [-0.25, -0.2) is 0 Å². The van der Waals surface area contributed by atoms with E-state index in [1.165, 1.54) is 0 Å². The number of likely N-dealkylation sites (N-methyl/N-ethyl adjacent to an activating group) is 2. The number of anilines is 1. The first-order valence-corrected chi connectivity index (χ1v) is 8.07. The second-order valence-corrected chi connectivity index (χ2v) is 6.14. The van der Waals surface area contributed by atoms with Gasteiger partial charge < -0.3 is 20.9 Å². The number of hydrogen-bond acceptors (Lipinski definition) is 4. The number of nitrogens with one attached hydrogen (secondary N) is 1. The highest BCUT2D eigenvalue weighted by Gasteiger charge is 2.25. The zero-order valence-electron chi connectivity index (χ0n) is 14.3. The molecular formula is C17H27ClN4O2. The molecule has 0 aromatic heterocycles. The molecule has 2 rings (SSSR count). The molecule has 1 heterocycles. The Morgan fingerprint density at radius 2 is 2.00 bits per heavy atom. The third-order valence-corrected chi connectivity index (χ3v) is 4.25. The van der Waals surface area contributed by atoms with E-state index < -0.39 is 0 Å². The standard InChI is InChI=1S/C17H26N4O2.ClH/c1-20-11-3-4-15(12-20)21(2)17(23)13-5-7-14(8-6-13)19-16(22)9-10-18;/h5-8,15H,3-4,9-12,18H2,1-2H3,(H,19,22);1H. The molecule has 1 aliphatic heterocycles. The van der Waals surface area contributed by atoms with Crippen molar-refractivity contribution in [3.63, 3.8) is 0 Å². The van der Waals surface area contributed by atoms with Crippen LogP contribution in [0.5, 0.6) is 0 Å². The van der Waals surface area contributed by atoms with Crippen molar-refractivity contribution in [1.82, 2.24) is 9.80 Å². The third-order valence-electron chi connectivity index (χ3n) is 4.25. The molecule has 3 N–H and O–H groups in total. The minimum Gasteiger partial charge on any atom is -0.337 e. The first-order valence-electron chi connectivity index (χ1n) is 8.07. The van der Waals surface area contributed by atoms with Crippen molar-refractivity contribution in [2.45, 2.75) is 25.3 Å². The number of halogens is 1. The number of hydrogen-bond donors (Lipinski definition) is 2. The Hall–Kier alpha value is -1.63. The maximum atomic E-state index is 12.6. The van der Waals surface area contributed by atoms with Crippen LogP contribution >= 0.6 is 12.4 Å². The van der Waals surface area contributed by atoms with E-state index in [2.05, 4.69) is 17.3 Å². The molecule has 0 saturated carbocycles. The number of nitrogens with zero attached hydrogens (tertiary/aromatic N) is 2. The molecule has 1 atom stereocenters. The summed E-state index contributed by atoms with van der Waals surface area (Å²) in [6.45, 7) is 2.33. The van der Waals surface area contributed by atoms with Crippen LogP contribution in [0, 0.1) is 0 Å². The van der Waals surface area contributed by atoms with E-state index in [0.29, 0.717) is 24.2 Å². The Bertz CT molecular complexity index is 550. The fraction of sp³-hybridized carbons (Fsp3) is 0.529. The SMILES string of the molecule is CN1CCCC(N(C)C(=O)c2ccc(NC(=O)CCN)cc2)C1.Cl. The predicted molar refractivity (Wildman–Crippen MR) is 98.6 cm³/mol. The Morgan fingerprint density at radius 3 is 2.58 bits per heavy atom. The van der Waals surface area contributed by atoms with Gasteiger partial charge in [0.25, 0.3) is 5.91 Å². The van der Waals surface area contributed by atoms with Crippen LogP contribution in [0.15, 0.2) is 24.3 Å². The number of nitrogens with two attached hydrogens (primary N) is 1. The molecule has 0 spiro atoms. The molecule has 24 heavy (non-hydrogen) atoms. The van der Waals surface area contributed by atoms with Gasteiger partial charge in [0.1, 0.15) is 0 Å². The van der Waals surface area contributed by atoms with Gasteiger partial charge in [0, 0.05) is 43.9 Å². The molecule has 1 aliphatic rings. The average Bonchev–Trinajstić information content (AvgIpc) is 2.54. The van der Waals surface area contributed by atoms with Crippen molar-refractivity contribution in [2.75, 3.05) is 39.0 Å². The number of rotatable bonds is 5. The highest BCUT2D eigenvalue weighted by molar-refractivity contribution is 5.95. The lowest BCUT2D eigenvalue weighted by Gasteiger charge is -2.35. The summed E-state index contributed by atoms with van der Waals surface area (Å²) in [4.78, 5) is 28.2. The van der Waals surface area contributed by atoms with Crippen molar-refractivity contribution in [1.29, 1.82) is 0 Å². The van der Waals surface area contributed by atoms with Gasteiger partial charge in [-0.05, 0) is 50.7 Å². The maximum Gasteiger partial charge on any atom is 0.253 e. The molecule has 0 radical (unpaired) electrons. The molecule has 0 aliphatic carbocycles. The Kier molecular flexibility index (Phi) is 8.18. The van der Waals surface area contributed by atoms with Gasteiger partial charge in [0.05, 0.1) is 0 Å². The zero-order chi connectivity index (χ0) is 16.8. The molecule has 1 aromatic carbocycles. The van der Waals surface area contributed by atoms with Crippen molar-refractivity contribution < 1.29 is 9.59 Å². The molecular weight excluding hydrogens is 328 g/mol. The molecule has 1 unspecified atom stereocenters. The Balaban J connectivity index is 0.00000288. The molecule has 0 bridgehead atoms. The number of carbonyl (C=O) groups is 2. The smallest absolute Gasteiger partial charge is 0.253 e. The van der Waals surface area contributed by atoms with E-state index in [1.807, 2.05) is 11.9 Å². The molecule has 1 saturated heterocycles. The van der Waals surface area contributed by atoms with Crippen LogP contribution in [0.25, 0.3) is 0 Å². The lowest BCUT2D eigenvalue weighted by atomic mass is 10.0. The summed E-state index contributed by atoms with van der Waals surface area (Å²) in [5, 5.41) is 2.76. The molecule has 134 valence electrons. The Labute approximate surface area is 149 Å². The zero-order valence-corrected chi connectivity index (χ0v) is 15.1. The quantitative estimate of drug-likeness (QED) is 0.841. The highest BCUT2D eigenvalue weighted by atomic mass is 35.5. The van der Waals surface area contributed by atoms with Crippen LogP contribution in [0.3, 0.4) is 0 Å². The lowest BCUT2D eigenvalue weighted by Crippen LogP contribution is -2.47. The van der Waals surface area contributed by atoms with Crippen LogP contribution in [-0.4, -0.2) is 61.4 Å². The molecule has 7 heteroatoms. The van der Waals surface area contributed by atoms with Crippen LogP contribution in [0.4, 0.5) is 5.69 Å². The summed E-state index contributed by atoms with van der Waals surface area (Å²) in [5.74, 6) is -0.0981. The summed E-state index contributed by atoms with van der Waals surface area (Å²) in [6, 6.07) is 7.27. The minimum atomic E-state index is -0.117. The van der Waals surface area contributed by atoms with E-state index in [9.17, 15) is 9.59 Å². The largest absolute Gasteiger partial charge is 0.337 e. The average molecular weight is 355 g/mol. The molecule has 6 nitrogen and oxygen atoms in total. The first-order chi connectivity index (χ1) is 11.0. The van der Waals surface area contributed by atoms with Gasteiger partial charge in [-0.2, -0.15) is 0 Å². The topological polar surface area (TPSA) is 78.7 Å². The van der Waals surface area contributed by atoms with Crippen LogP contribution in [0.2, 0.25) is 0 Å². The molecule has 1 fully saturated rings. The van der Waals surface area contributed by atoms with Gasteiger partial charge in [0.15, 0.2) is 0 Å². The van der Waals surface area contributed by atoms with Crippen LogP contribution in [-0.2, 0) is 4.79 Å². The van der Waals surface area contributed by atoms with Gasteiger partial charge in [-0.15, -0.1) is 12.4 Å². The van der Waals surface area contributed by atoms with Crippen molar-refractivity contribution in [3.8, 4) is 0 Å². The third kappa shape index (κ3) is 5.47. The van der Waals surface area contributed by atoms with E-state index >= 15 is 0 Å².